The summed E-state index contributed by atoms with van der Waals surface area (Å²) >= 11 is 3.19. The van der Waals surface area contributed by atoms with Crippen molar-refractivity contribution in [3.63, 3.8) is 0 Å². The van der Waals surface area contributed by atoms with Gasteiger partial charge in [-0.1, -0.05) is 52.3 Å². The molecule has 1 aliphatic rings. The molecule has 1 atom stereocenters. The molecule has 3 rings (SSSR count). The van der Waals surface area contributed by atoms with Crippen LogP contribution in [0.5, 0.6) is 0 Å². The molecule has 2 aromatic carbocycles. The van der Waals surface area contributed by atoms with E-state index in [-0.39, 0.29) is 12.5 Å². The maximum Gasteiger partial charge on any atom is 0.325 e. The number of rotatable bonds is 5. The fourth-order valence-electron chi connectivity index (χ4n) is 2.92. The summed E-state index contributed by atoms with van der Waals surface area (Å²) in [6.45, 7) is 1.64. The highest BCUT2D eigenvalue weighted by Crippen LogP contribution is 2.26. The third kappa shape index (κ3) is 3.74. The Morgan fingerprint density at radius 3 is 2.56 bits per heavy atom. The van der Waals surface area contributed by atoms with Crippen molar-refractivity contribution in [2.24, 2.45) is 0 Å². The van der Waals surface area contributed by atoms with Crippen LogP contribution in [0, 0.1) is 5.82 Å². The van der Waals surface area contributed by atoms with Crippen LogP contribution in [0.25, 0.3) is 0 Å². The summed E-state index contributed by atoms with van der Waals surface area (Å²) in [4.78, 5) is 26.1. The molecule has 3 amide bonds. The zero-order chi connectivity index (χ0) is 18.0. The number of carbonyl (C=O) groups is 2. The van der Waals surface area contributed by atoms with Gasteiger partial charge in [0.15, 0.2) is 0 Å². The molecule has 25 heavy (non-hydrogen) atoms. The summed E-state index contributed by atoms with van der Waals surface area (Å²) < 4.78 is 14.6. The lowest BCUT2D eigenvalue weighted by atomic mass is 9.93. The van der Waals surface area contributed by atoms with Gasteiger partial charge >= 0.3 is 6.03 Å². The van der Waals surface area contributed by atoms with Crippen molar-refractivity contribution in [3.8, 4) is 0 Å². The Kier molecular flexibility index (Phi) is 4.90. The summed E-state index contributed by atoms with van der Waals surface area (Å²) in [6.07, 6.45) is 1.16. The minimum absolute atomic E-state index is 0.0787. The second kappa shape index (κ2) is 6.96. The van der Waals surface area contributed by atoms with Crippen LogP contribution >= 0.6 is 15.9 Å². The molecule has 1 heterocycles. The van der Waals surface area contributed by atoms with E-state index in [1.165, 1.54) is 6.07 Å². The molecule has 0 radical (unpaired) electrons. The topological polar surface area (TPSA) is 49.4 Å². The van der Waals surface area contributed by atoms with E-state index in [2.05, 4.69) is 21.2 Å². The molecule has 0 saturated carbocycles. The van der Waals surface area contributed by atoms with Gasteiger partial charge in [0, 0.05) is 10.0 Å². The van der Waals surface area contributed by atoms with Crippen LogP contribution in [-0.4, -0.2) is 22.4 Å². The van der Waals surface area contributed by atoms with Crippen molar-refractivity contribution < 1.29 is 14.0 Å². The molecular weight excluding hydrogens is 387 g/mol. The molecule has 1 aliphatic heterocycles. The molecule has 2 aromatic rings. The van der Waals surface area contributed by atoms with Gasteiger partial charge in [0.05, 0.1) is 6.54 Å². The predicted octanol–water partition coefficient (Wildman–Crippen LogP) is 4.03. The maximum atomic E-state index is 14.0. The van der Waals surface area contributed by atoms with Crippen LogP contribution in [-0.2, 0) is 17.8 Å². The number of hydrogen-bond acceptors (Lipinski definition) is 2. The van der Waals surface area contributed by atoms with Crippen LogP contribution in [0.4, 0.5) is 9.18 Å². The maximum absolute atomic E-state index is 14.0. The lowest BCUT2D eigenvalue weighted by Gasteiger charge is -2.21. The zero-order valence-electron chi connectivity index (χ0n) is 13.8. The number of benzene rings is 2. The molecule has 0 unspecified atom stereocenters. The van der Waals surface area contributed by atoms with E-state index in [0.29, 0.717) is 22.9 Å². The van der Waals surface area contributed by atoms with E-state index < -0.39 is 17.4 Å². The van der Waals surface area contributed by atoms with Crippen molar-refractivity contribution in [2.75, 3.05) is 0 Å². The molecule has 130 valence electrons. The number of hydrogen-bond donors (Lipinski definition) is 1. The van der Waals surface area contributed by atoms with Gasteiger partial charge in [0.2, 0.25) is 0 Å². The highest BCUT2D eigenvalue weighted by atomic mass is 79.9. The Balaban J connectivity index is 1.72. The molecule has 1 N–H and O–H groups in total. The van der Waals surface area contributed by atoms with Gasteiger partial charge in [-0.05, 0) is 37.5 Å². The molecule has 0 aliphatic carbocycles. The van der Waals surface area contributed by atoms with Crippen molar-refractivity contribution in [3.05, 3.63) is 69.9 Å². The second-order valence-electron chi connectivity index (χ2n) is 6.37. The molecule has 0 aromatic heterocycles. The first-order valence-electron chi connectivity index (χ1n) is 8.01. The number of amides is 3. The highest BCUT2D eigenvalue weighted by molar-refractivity contribution is 9.10. The molecule has 1 saturated heterocycles. The minimum atomic E-state index is -0.973. The van der Waals surface area contributed by atoms with Crippen LogP contribution in [0.15, 0.2) is 53.0 Å². The number of halogens is 2. The Morgan fingerprint density at radius 2 is 1.88 bits per heavy atom. The molecule has 0 spiro atoms. The van der Waals surface area contributed by atoms with E-state index in [1.807, 2.05) is 30.3 Å². The van der Waals surface area contributed by atoms with E-state index in [1.54, 1.807) is 19.1 Å². The number of aryl methyl sites for hydroxylation is 1. The fourth-order valence-corrected chi connectivity index (χ4v) is 3.25. The SMILES string of the molecule is C[C@@]1(CCc2ccccc2)NC(=O)N(Cc2ccc(Br)cc2F)C1=O. The third-order valence-electron chi connectivity index (χ3n) is 4.45. The lowest BCUT2D eigenvalue weighted by Crippen LogP contribution is -2.44. The Labute approximate surface area is 154 Å². The Hall–Kier alpha value is -2.21. The first-order chi connectivity index (χ1) is 11.9. The van der Waals surface area contributed by atoms with Gasteiger partial charge < -0.3 is 5.32 Å². The number of carbonyl (C=O) groups excluding carboxylic acids is 2. The average Bonchev–Trinajstić information content (AvgIpc) is 2.80. The van der Waals surface area contributed by atoms with Crippen LogP contribution < -0.4 is 5.32 Å². The van der Waals surface area contributed by atoms with E-state index >= 15 is 0 Å². The van der Waals surface area contributed by atoms with E-state index in [0.717, 1.165) is 10.5 Å². The van der Waals surface area contributed by atoms with Gasteiger partial charge in [-0.25, -0.2) is 9.18 Å². The zero-order valence-corrected chi connectivity index (χ0v) is 15.3. The van der Waals surface area contributed by atoms with E-state index in [9.17, 15) is 14.0 Å². The van der Waals surface area contributed by atoms with Crippen molar-refractivity contribution in [2.45, 2.75) is 31.8 Å². The van der Waals surface area contributed by atoms with Crippen LogP contribution in [0.3, 0.4) is 0 Å². The number of urea groups is 1. The highest BCUT2D eigenvalue weighted by Gasteiger charge is 2.47. The number of nitrogens with one attached hydrogen (secondary N) is 1. The van der Waals surface area contributed by atoms with Crippen LogP contribution in [0.2, 0.25) is 0 Å². The normalized spacial score (nSPS) is 20.0. The van der Waals surface area contributed by atoms with E-state index in [4.69, 9.17) is 0 Å². The van der Waals surface area contributed by atoms with Gasteiger partial charge in [-0.15, -0.1) is 0 Å². The lowest BCUT2D eigenvalue weighted by molar-refractivity contribution is -0.131. The van der Waals surface area contributed by atoms with Gasteiger partial charge in [0.25, 0.3) is 5.91 Å². The molecular formula is C19H18BrFN2O2. The van der Waals surface area contributed by atoms with Gasteiger partial charge in [-0.3, -0.25) is 9.69 Å². The first-order valence-corrected chi connectivity index (χ1v) is 8.80. The molecule has 0 bridgehead atoms. The second-order valence-corrected chi connectivity index (χ2v) is 7.29. The minimum Gasteiger partial charge on any atom is -0.323 e. The quantitative estimate of drug-likeness (QED) is 0.764. The molecule has 1 fully saturated rings. The first kappa shape index (κ1) is 17.6. The van der Waals surface area contributed by atoms with Crippen molar-refractivity contribution >= 4 is 27.9 Å². The smallest absolute Gasteiger partial charge is 0.323 e. The Bertz CT molecular complexity index is 812. The largest absolute Gasteiger partial charge is 0.325 e. The number of nitrogens with zero attached hydrogens (tertiary/aromatic N) is 1. The summed E-state index contributed by atoms with van der Waals surface area (Å²) in [6, 6.07) is 13.9. The molecule has 6 heteroatoms. The summed E-state index contributed by atoms with van der Waals surface area (Å²) in [5.74, 6) is -0.774. The summed E-state index contributed by atoms with van der Waals surface area (Å²) in [7, 11) is 0. The summed E-state index contributed by atoms with van der Waals surface area (Å²) in [5.41, 5.74) is 0.431. The van der Waals surface area contributed by atoms with Crippen LogP contribution in [0.1, 0.15) is 24.5 Å². The number of imide groups is 1. The predicted molar refractivity (Wildman–Crippen MR) is 96.3 cm³/mol. The van der Waals surface area contributed by atoms with Crippen molar-refractivity contribution in [1.29, 1.82) is 0 Å². The Morgan fingerprint density at radius 1 is 1.16 bits per heavy atom. The summed E-state index contributed by atoms with van der Waals surface area (Å²) in [5, 5.41) is 2.76. The average molecular weight is 405 g/mol. The standard InChI is InChI=1S/C19H18BrFN2O2/c1-19(10-9-13-5-3-2-4-6-13)17(24)23(18(25)22-19)12-14-7-8-15(20)11-16(14)21/h2-8,11H,9-10,12H2,1H3,(H,22,25)/t19-/m0/s1. The van der Waals surface area contributed by atoms with Crippen molar-refractivity contribution in [1.82, 2.24) is 10.2 Å². The third-order valence-corrected chi connectivity index (χ3v) is 4.94. The van der Waals surface area contributed by atoms with Gasteiger partial charge in [0.1, 0.15) is 11.4 Å². The fraction of sp³-hybridized carbons (Fsp3) is 0.263. The monoisotopic (exact) mass is 404 g/mol. The van der Waals surface area contributed by atoms with Gasteiger partial charge in [-0.2, -0.15) is 0 Å². The molecule has 4 nitrogen and oxygen atoms in total.